The number of hydrogen-bond donors (Lipinski definition) is 3. The summed E-state index contributed by atoms with van der Waals surface area (Å²) >= 11 is 0. The molecular formula is C13H21FN4O. The molecule has 106 valence electrons. The molecule has 0 saturated heterocycles. The minimum Gasteiger partial charge on any atom is -0.383 e. The summed E-state index contributed by atoms with van der Waals surface area (Å²) in [5, 5.41) is 3.08. The molecule has 2 atom stereocenters. The molecule has 2 unspecified atom stereocenters. The summed E-state index contributed by atoms with van der Waals surface area (Å²) in [7, 11) is 1.63. The van der Waals surface area contributed by atoms with Crippen LogP contribution in [0.4, 0.5) is 4.39 Å². The lowest BCUT2D eigenvalue weighted by Gasteiger charge is -2.17. The number of aliphatic imine (C=N–C) groups is 1. The van der Waals surface area contributed by atoms with Crippen LogP contribution in [0.1, 0.15) is 25.5 Å². The Labute approximate surface area is 113 Å². The Bertz CT molecular complexity index is 425. The minimum atomic E-state index is -0.275. The third-order valence-electron chi connectivity index (χ3n) is 2.59. The van der Waals surface area contributed by atoms with Crippen LogP contribution in [0.25, 0.3) is 0 Å². The third-order valence-corrected chi connectivity index (χ3v) is 2.59. The summed E-state index contributed by atoms with van der Waals surface area (Å²) in [5.41, 5.74) is 3.28. The Morgan fingerprint density at radius 1 is 1.47 bits per heavy atom. The van der Waals surface area contributed by atoms with Crippen LogP contribution in [0.2, 0.25) is 0 Å². The van der Waals surface area contributed by atoms with E-state index in [2.05, 4.69) is 15.7 Å². The average Bonchev–Trinajstić information content (AvgIpc) is 2.38. The van der Waals surface area contributed by atoms with Gasteiger partial charge >= 0.3 is 0 Å². The first kappa shape index (κ1) is 15.4. The van der Waals surface area contributed by atoms with Gasteiger partial charge in [-0.15, -0.1) is 0 Å². The fourth-order valence-electron chi connectivity index (χ4n) is 1.68. The van der Waals surface area contributed by atoms with Crippen molar-refractivity contribution in [1.82, 2.24) is 10.7 Å². The van der Waals surface area contributed by atoms with E-state index >= 15 is 0 Å². The molecular weight excluding hydrogens is 247 g/mol. The van der Waals surface area contributed by atoms with Gasteiger partial charge in [0.1, 0.15) is 5.82 Å². The summed E-state index contributed by atoms with van der Waals surface area (Å²) in [6.45, 7) is 4.35. The molecule has 1 rings (SSSR count). The Morgan fingerprint density at radius 2 is 2.21 bits per heavy atom. The maximum Gasteiger partial charge on any atom is 0.206 e. The number of benzene rings is 1. The molecule has 0 aromatic heterocycles. The van der Waals surface area contributed by atoms with Crippen molar-refractivity contribution in [2.75, 3.05) is 13.7 Å². The molecule has 0 aliphatic heterocycles. The second-order valence-electron chi connectivity index (χ2n) is 4.35. The number of ether oxygens (including phenoxy) is 1. The summed E-state index contributed by atoms with van der Waals surface area (Å²) in [6.07, 6.45) is 0. The van der Waals surface area contributed by atoms with Crippen molar-refractivity contribution in [3.05, 3.63) is 35.6 Å². The van der Waals surface area contributed by atoms with Crippen LogP contribution in [0, 0.1) is 5.82 Å². The molecule has 0 heterocycles. The molecule has 0 amide bonds. The van der Waals surface area contributed by atoms with Crippen LogP contribution < -0.4 is 16.6 Å². The zero-order chi connectivity index (χ0) is 14.3. The quantitative estimate of drug-likeness (QED) is 0.326. The molecule has 1 aromatic carbocycles. The molecule has 0 radical (unpaired) electrons. The van der Waals surface area contributed by atoms with E-state index in [-0.39, 0.29) is 17.9 Å². The van der Waals surface area contributed by atoms with Crippen LogP contribution in [0.5, 0.6) is 0 Å². The van der Waals surface area contributed by atoms with E-state index in [4.69, 9.17) is 10.6 Å². The van der Waals surface area contributed by atoms with Gasteiger partial charge < -0.3 is 10.1 Å². The van der Waals surface area contributed by atoms with E-state index in [0.29, 0.717) is 12.6 Å². The predicted octanol–water partition coefficient (Wildman–Crippen LogP) is 1.33. The zero-order valence-corrected chi connectivity index (χ0v) is 11.5. The molecule has 6 heteroatoms. The van der Waals surface area contributed by atoms with Crippen LogP contribution in [0.3, 0.4) is 0 Å². The maximum absolute atomic E-state index is 13.1. The van der Waals surface area contributed by atoms with Crippen LogP contribution in [-0.4, -0.2) is 25.7 Å². The maximum atomic E-state index is 13.1. The molecule has 0 aliphatic carbocycles. The van der Waals surface area contributed by atoms with Crippen molar-refractivity contribution in [2.24, 2.45) is 10.8 Å². The first-order valence-corrected chi connectivity index (χ1v) is 6.12. The second-order valence-corrected chi connectivity index (χ2v) is 4.35. The monoisotopic (exact) mass is 268 g/mol. The van der Waals surface area contributed by atoms with Gasteiger partial charge in [0, 0.05) is 13.2 Å². The Balaban J connectivity index is 2.74. The number of nitrogens with two attached hydrogens (primary N) is 1. The lowest BCUT2D eigenvalue weighted by Crippen LogP contribution is -2.47. The summed E-state index contributed by atoms with van der Waals surface area (Å²) in [5.74, 6) is 5.59. The Hall–Kier alpha value is -1.66. The van der Waals surface area contributed by atoms with Crippen molar-refractivity contribution in [1.29, 1.82) is 0 Å². The Morgan fingerprint density at radius 3 is 2.79 bits per heavy atom. The van der Waals surface area contributed by atoms with Gasteiger partial charge in [-0.2, -0.15) is 0 Å². The first-order chi connectivity index (χ1) is 9.06. The van der Waals surface area contributed by atoms with Crippen LogP contribution >= 0.6 is 0 Å². The van der Waals surface area contributed by atoms with Gasteiger partial charge in [-0.1, -0.05) is 12.1 Å². The van der Waals surface area contributed by atoms with Gasteiger partial charge in [-0.05, 0) is 31.5 Å². The number of nitrogens with zero attached hydrogens (tertiary/aromatic N) is 1. The van der Waals surface area contributed by atoms with Gasteiger partial charge in [0.05, 0.1) is 12.6 Å². The van der Waals surface area contributed by atoms with E-state index in [0.717, 1.165) is 5.56 Å². The molecule has 0 fully saturated rings. The molecule has 4 N–H and O–H groups in total. The van der Waals surface area contributed by atoms with E-state index in [1.54, 1.807) is 13.2 Å². The molecule has 5 nitrogen and oxygen atoms in total. The molecule has 1 aromatic rings. The summed E-state index contributed by atoms with van der Waals surface area (Å²) < 4.78 is 18.2. The van der Waals surface area contributed by atoms with E-state index in [1.807, 2.05) is 19.9 Å². The fourth-order valence-corrected chi connectivity index (χ4v) is 1.68. The highest BCUT2D eigenvalue weighted by Crippen LogP contribution is 2.17. The fraction of sp³-hybridized carbons (Fsp3) is 0.462. The number of hydrogen-bond acceptors (Lipinski definition) is 3. The number of halogens is 1. The van der Waals surface area contributed by atoms with Gasteiger partial charge in [-0.25, -0.2) is 15.2 Å². The molecule has 0 bridgehead atoms. The van der Waals surface area contributed by atoms with E-state index in [1.165, 1.54) is 12.1 Å². The summed E-state index contributed by atoms with van der Waals surface area (Å²) in [6, 6.07) is 6.21. The second kappa shape index (κ2) is 7.70. The average molecular weight is 268 g/mol. The standard InChI is InChI=1S/C13H21FN4O/c1-9(8-19-3)16-13(18-15)17-10(2)11-5-4-6-12(14)7-11/h4-7,9-10H,8,15H2,1-3H3,(H2,16,17,18). The van der Waals surface area contributed by atoms with Crippen molar-refractivity contribution in [3.8, 4) is 0 Å². The Kier molecular flexibility index (Phi) is 6.24. The molecule has 19 heavy (non-hydrogen) atoms. The normalized spacial score (nSPS) is 14.9. The van der Waals surface area contributed by atoms with Gasteiger partial charge in [0.25, 0.3) is 0 Å². The topological polar surface area (TPSA) is 71.7 Å². The first-order valence-electron chi connectivity index (χ1n) is 6.12. The highest BCUT2D eigenvalue weighted by Gasteiger charge is 2.08. The van der Waals surface area contributed by atoms with Crippen molar-refractivity contribution in [2.45, 2.75) is 25.9 Å². The van der Waals surface area contributed by atoms with Crippen LogP contribution in [0.15, 0.2) is 29.3 Å². The van der Waals surface area contributed by atoms with Crippen molar-refractivity contribution in [3.63, 3.8) is 0 Å². The third kappa shape index (κ3) is 5.23. The van der Waals surface area contributed by atoms with Crippen molar-refractivity contribution >= 4 is 5.96 Å². The number of nitrogens with one attached hydrogen (secondary N) is 2. The number of hydrazine groups is 1. The smallest absolute Gasteiger partial charge is 0.206 e. The largest absolute Gasteiger partial charge is 0.383 e. The minimum absolute atomic E-state index is 0.0690. The SMILES string of the molecule is COCC(C)NC(=NC(C)c1cccc(F)c1)NN. The lowest BCUT2D eigenvalue weighted by atomic mass is 10.1. The lowest BCUT2D eigenvalue weighted by molar-refractivity contribution is 0.179. The number of guanidine groups is 1. The number of methoxy groups -OCH3 is 1. The van der Waals surface area contributed by atoms with Crippen molar-refractivity contribution < 1.29 is 9.13 Å². The van der Waals surface area contributed by atoms with Gasteiger partial charge in [-0.3, -0.25) is 5.43 Å². The van der Waals surface area contributed by atoms with Gasteiger partial charge in [0.2, 0.25) is 5.96 Å². The highest BCUT2D eigenvalue weighted by atomic mass is 19.1. The van der Waals surface area contributed by atoms with E-state index in [9.17, 15) is 4.39 Å². The zero-order valence-electron chi connectivity index (χ0n) is 11.5. The highest BCUT2D eigenvalue weighted by molar-refractivity contribution is 5.79. The molecule has 0 aliphatic rings. The van der Waals surface area contributed by atoms with E-state index < -0.39 is 0 Å². The van der Waals surface area contributed by atoms with Crippen LogP contribution in [-0.2, 0) is 4.74 Å². The molecule has 0 saturated carbocycles. The molecule has 0 spiro atoms. The van der Waals surface area contributed by atoms with Gasteiger partial charge in [0.15, 0.2) is 0 Å². The predicted molar refractivity (Wildman–Crippen MR) is 74.0 cm³/mol. The summed E-state index contributed by atoms with van der Waals surface area (Å²) in [4.78, 5) is 4.38. The number of rotatable bonds is 5.